The van der Waals surface area contributed by atoms with E-state index >= 15 is 0 Å². The van der Waals surface area contributed by atoms with Crippen LogP contribution in [0.3, 0.4) is 0 Å². The minimum atomic E-state index is -0.241. The molecule has 368 valence electrons. The highest BCUT2D eigenvalue weighted by atomic mass is 16.5. The van der Waals surface area contributed by atoms with Crippen LogP contribution in [-0.2, 0) is 10.8 Å². The number of ether oxygens (including phenoxy) is 2. The van der Waals surface area contributed by atoms with Crippen molar-refractivity contribution in [3.05, 3.63) is 247 Å². The molecule has 0 saturated carbocycles. The van der Waals surface area contributed by atoms with Crippen LogP contribution in [0.15, 0.2) is 224 Å². The molecule has 13 aromatic carbocycles. The number of benzene rings is 13. The van der Waals surface area contributed by atoms with E-state index in [1.165, 1.54) is 132 Å². The zero-order valence-corrected chi connectivity index (χ0v) is 44.1. The number of hydrogen-bond donors (Lipinski definition) is 0. The van der Waals surface area contributed by atoms with E-state index < -0.39 is 0 Å². The summed E-state index contributed by atoms with van der Waals surface area (Å²) in [5.74, 6) is 1.63. The van der Waals surface area contributed by atoms with E-state index in [0.29, 0.717) is 0 Å². The van der Waals surface area contributed by atoms with Gasteiger partial charge in [0, 0.05) is 33.0 Å². The van der Waals surface area contributed by atoms with Crippen molar-refractivity contribution in [1.29, 1.82) is 0 Å². The van der Waals surface area contributed by atoms with E-state index in [2.05, 4.69) is 233 Å². The molecule has 0 atom stereocenters. The third-order valence-corrected chi connectivity index (χ3v) is 17.6. The highest BCUT2D eigenvalue weighted by Gasteiger charge is 2.38. The molecule has 2 aliphatic rings. The Morgan fingerprint density at radius 2 is 0.701 bits per heavy atom. The summed E-state index contributed by atoms with van der Waals surface area (Å²) in [6.45, 7) is 9.64. The summed E-state index contributed by atoms with van der Waals surface area (Å²) in [6.07, 6.45) is 0. The average Bonchev–Trinajstić information content (AvgIpc) is 3.94. The standard InChI is InChI=1S/C74H55NO2/c1-73(2)65-40-47(22-35-56(65)58-37-24-49(42-67(58)73)55-34-20-46-19-18-44-12-11-13-45-21-39-62(55)71(46)69(44)45)48-23-36-57-59-38-25-50(43-68(59)74(3,4)66(57)41-48)70-60-14-7-9-16-63(60)72(64-17-10-8-15-61(64)70)75(51-26-30-53(76-5)31-27-51)52-28-32-54(77-6)33-29-52/h7-43H,1-6H3. The third kappa shape index (κ3) is 6.63. The lowest BCUT2D eigenvalue weighted by molar-refractivity contribution is 0.415. The maximum atomic E-state index is 5.62. The van der Waals surface area contributed by atoms with Crippen LogP contribution in [0, 0.1) is 0 Å². The van der Waals surface area contributed by atoms with E-state index in [0.717, 1.165) is 28.6 Å². The summed E-state index contributed by atoms with van der Waals surface area (Å²) < 4.78 is 11.2. The second-order valence-electron chi connectivity index (χ2n) is 22.3. The highest BCUT2D eigenvalue weighted by Crippen LogP contribution is 2.55. The van der Waals surface area contributed by atoms with Gasteiger partial charge < -0.3 is 14.4 Å². The molecular weight excluding hydrogens is 935 g/mol. The van der Waals surface area contributed by atoms with Crippen LogP contribution in [0.25, 0.3) is 109 Å². The molecule has 0 heterocycles. The lowest BCUT2D eigenvalue weighted by Gasteiger charge is -2.30. The van der Waals surface area contributed by atoms with Gasteiger partial charge in [-0.25, -0.2) is 0 Å². The van der Waals surface area contributed by atoms with Gasteiger partial charge in [0.15, 0.2) is 0 Å². The van der Waals surface area contributed by atoms with E-state index in [1.807, 2.05) is 24.3 Å². The minimum Gasteiger partial charge on any atom is -0.497 e. The molecular formula is C74H55NO2. The number of methoxy groups -OCH3 is 2. The predicted molar refractivity (Wildman–Crippen MR) is 324 cm³/mol. The zero-order valence-electron chi connectivity index (χ0n) is 44.1. The summed E-state index contributed by atoms with van der Waals surface area (Å²) in [5.41, 5.74) is 21.1. The molecule has 0 radical (unpaired) electrons. The van der Waals surface area contributed by atoms with Crippen molar-refractivity contribution >= 4 is 70.9 Å². The number of hydrogen-bond acceptors (Lipinski definition) is 3. The second kappa shape index (κ2) is 16.7. The Balaban J connectivity index is 0.797. The number of fused-ring (bicyclic) bond motifs is 8. The fraction of sp³-hybridized carbons (Fsp3) is 0.108. The Kier molecular flexibility index (Phi) is 9.79. The Bertz CT molecular complexity index is 4460. The smallest absolute Gasteiger partial charge is 0.119 e. The van der Waals surface area contributed by atoms with Crippen LogP contribution in [0.2, 0.25) is 0 Å². The number of nitrogens with zero attached hydrogens (tertiary/aromatic N) is 1. The topological polar surface area (TPSA) is 21.7 Å². The molecule has 13 aromatic rings. The van der Waals surface area contributed by atoms with Crippen molar-refractivity contribution in [2.45, 2.75) is 38.5 Å². The lowest BCUT2D eigenvalue weighted by atomic mass is 9.79. The summed E-state index contributed by atoms with van der Waals surface area (Å²) in [7, 11) is 3.43. The molecule has 3 nitrogen and oxygen atoms in total. The SMILES string of the molecule is COc1ccc(N(c2ccc(OC)cc2)c2c3ccccc3c(-c3ccc4c(c3)C(C)(C)c3cc(-c5ccc6c(c5)C(C)(C)c5cc(-c7ccc8ccc9cccc%10ccc7c8c9%10)ccc5-6)ccc3-4)c3ccccc23)cc1. The molecule has 3 heteroatoms. The van der Waals surface area contributed by atoms with Crippen LogP contribution in [0.4, 0.5) is 17.1 Å². The molecule has 0 aromatic heterocycles. The van der Waals surface area contributed by atoms with E-state index in [9.17, 15) is 0 Å². The quantitative estimate of drug-likeness (QED) is 0.112. The van der Waals surface area contributed by atoms with Gasteiger partial charge in [0.2, 0.25) is 0 Å². The Labute approximate surface area is 449 Å². The first kappa shape index (κ1) is 45.2. The first-order chi connectivity index (χ1) is 37.6. The molecule has 0 N–H and O–H groups in total. The Morgan fingerprint density at radius 1 is 0.312 bits per heavy atom. The normalized spacial score (nSPS) is 13.8. The molecule has 15 rings (SSSR count). The van der Waals surface area contributed by atoms with Crippen molar-refractivity contribution in [1.82, 2.24) is 0 Å². The second-order valence-corrected chi connectivity index (χ2v) is 22.3. The van der Waals surface area contributed by atoms with Crippen LogP contribution in [0.5, 0.6) is 11.5 Å². The fourth-order valence-electron chi connectivity index (χ4n) is 13.7. The van der Waals surface area contributed by atoms with Gasteiger partial charge in [0.05, 0.1) is 19.9 Å². The maximum absolute atomic E-state index is 5.62. The van der Waals surface area contributed by atoms with Crippen LogP contribution in [-0.4, -0.2) is 14.2 Å². The highest BCUT2D eigenvalue weighted by molar-refractivity contribution is 6.26. The summed E-state index contributed by atoms with van der Waals surface area (Å²) in [6, 6.07) is 83.8. The Hall–Kier alpha value is -9.18. The van der Waals surface area contributed by atoms with Gasteiger partial charge in [-0.1, -0.05) is 179 Å². The van der Waals surface area contributed by atoms with Crippen LogP contribution in [0.1, 0.15) is 49.9 Å². The number of rotatable bonds is 8. The number of anilines is 3. The van der Waals surface area contributed by atoms with Gasteiger partial charge >= 0.3 is 0 Å². The summed E-state index contributed by atoms with van der Waals surface area (Å²) in [5, 5.41) is 12.7. The minimum absolute atomic E-state index is 0.181. The molecule has 2 aliphatic carbocycles. The zero-order chi connectivity index (χ0) is 51.9. The summed E-state index contributed by atoms with van der Waals surface area (Å²) in [4.78, 5) is 2.37. The maximum Gasteiger partial charge on any atom is 0.119 e. The molecule has 0 amide bonds. The van der Waals surface area contributed by atoms with E-state index in [4.69, 9.17) is 9.47 Å². The van der Waals surface area contributed by atoms with E-state index in [1.54, 1.807) is 14.2 Å². The molecule has 0 unspecified atom stereocenters. The van der Waals surface area contributed by atoms with Crippen LogP contribution < -0.4 is 14.4 Å². The molecule has 0 bridgehead atoms. The first-order valence-electron chi connectivity index (χ1n) is 26.9. The van der Waals surface area contributed by atoms with Gasteiger partial charge in [-0.2, -0.15) is 0 Å². The monoisotopic (exact) mass is 989 g/mol. The van der Waals surface area contributed by atoms with Crippen molar-refractivity contribution in [2.24, 2.45) is 0 Å². The largest absolute Gasteiger partial charge is 0.497 e. The molecule has 77 heavy (non-hydrogen) atoms. The van der Waals surface area contributed by atoms with Crippen molar-refractivity contribution in [3.8, 4) is 67.1 Å². The fourth-order valence-corrected chi connectivity index (χ4v) is 13.7. The van der Waals surface area contributed by atoms with Gasteiger partial charge in [-0.05, 0) is 194 Å². The Morgan fingerprint density at radius 3 is 1.19 bits per heavy atom. The first-order valence-corrected chi connectivity index (χ1v) is 26.9. The lowest BCUT2D eigenvalue weighted by Crippen LogP contribution is -2.15. The van der Waals surface area contributed by atoms with Gasteiger partial charge in [-0.3, -0.25) is 0 Å². The molecule has 0 saturated heterocycles. The average molecular weight is 990 g/mol. The molecule has 0 spiro atoms. The molecule has 0 fully saturated rings. The van der Waals surface area contributed by atoms with E-state index in [-0.39, 0.29) is 10.8 Å². The van der Waals surface area contributed by atoms with Gasteiger partial charge in [0.25, 0.3) is 0 Å². The predicted octanol–water partition coefficient (Wildman–Crippen LogP) is 20.0. The van der Waals surface area contributed by atoms with Gasteiger partial charge in [-0.15, -0.1) is 0 Å². The van der Waals surface area contributed by atoms with Crippen molar-refractivity contribution in [2.75, 3.05) is 19.1 Å². The molecule has 0 aliphatic heterocycles. The summed E-state index contributed by atoms with van der Waals surface area (Å²) >= 11 is 0. The van der Waals surface area contributed by atoms with Crippen molar-refractivity contribution in [3.63, 3.8) is 0 Å². The van der Waals surface area contributed by atoms with Gasteiger partial charge in [0.1, 0.15) is 11.5 Å². The third-order valence-electron chi connectivity index (χ3n) is 17.6. The van der Waals surface area contributed by atoms with Crippen LogP contribution >= 0.6 is 0 Å². The van der Waals surface area contributed by atoms with Crippen molar-refractivity contribution < 1.29 is 9.47 Å².